The third-order valence-electron chi connectivity index (χ3n) is 2.73. The summed E-state index contributed by atoms with van der Waals surface area (Å²) < 4.78 is 13.0. The predicted molar refractivity (Wildman–Crippen MR) is 66.7 cm³/mol. The van der Waals surface area contributed by atoms with Crippen LogP contribution in [-0.4, -0.2) is 21.2 Å². The van der Waals surface area contributed by atoms with Crippen LogP contribution in [0.2, 0.25) is 0 Å². The molecule has 98 valence electrons. The van der Waals surface area contributed by atoms with Gasteiger partial charge in [-0.1, -0.05) is 12.1 Å². The van der Waals surface area contributed by atoms with Gasteiger partial charge in [-0.3, -0.25) is 4.98 Å². The molecule has 0 amide bonds. The maximum atomic E-state index is 13.0. The van der Waals surface area contributed by atoms with Crippen molar-refractivity contribution in [2.24, 2.45) is 0 Å². The van der Waals surface area contributed by atoms with Crippen LogP contribution in [0.1, 0.15) is 21.6 Å². The molecule has 0 fully saturated rings. The van der Waals surface area contributed by atoms with Crippen molar-refractivity contribution in [1.29, 1.82) is 0 Å². The predicted octanol–water partition coefficient (Wildman–Crippen LogP) is 2.41. The van der Waals surface area contributed by atoms with Gasteiger partial charge >= 0.3 is 5.97 Å². The molecule has 2 rings (SSSR count). The summed E-state index contributed by atoms with van der Waals surface area (Å²) in [6.07, 6.45) is 2.14. The molecule has 0 aliphatic heterocycles. The van der Waals surface area contributed by atoms with Crippen molar-refractivity contribution < 1.29 is 19.4 Å². The normalized spacial score (nSPS) is 10.4. The van der Waals surface area contributed by atoms with Crippen molar-refractivity contribution in [3.63, 3.8) is 0 Å². The fraction of sp³-hybridized carbons (Fsp3) is 0.143. The molecule has 0 radical (unpaired) electrons. The summed E-state index contributed by atoms with van der Waals surface area (Å²) >= 11 is 0. The third-order valence-corrected chi connectivity index (χ3v) is 2.73. The van der Waals surface area contributed by atoms with E-state index in [2.05, 4.69) is 4.98 Å². The number of halogens is 1. The number of carboxylic acid groups (broad SMARTS) is 1. The Morgan fingerprint density at radius 2 is 2.05 bits per heavy atom. The Balaban J connectivity index is 2.12. The first-order valence-electron chi connectivity index (χ1n) is 5.72. The Bertz CT molecular complexity index is 613. The van der Waals surface area contributed by atoms with Crippen molar-refractivity contribution in [2.75, 3.05) is 0 Å². The minimum atomic E-state index is -1.20. The number of nitrogens with zero attached hydrogens (tertiary/aromatic N) is 1. The Kier molecular flexibility index (Phi) is 3.75. The van der Waals surface area contributed by atoms with Gasteiger partial charge in [-0.25, -0.2) is 9.18 Å². The van der Waals surface area contributed by atoms with E-state index in [1.54, 1.807) is 12.1 Å². The highest BCUT2D eigenvalue weighted by Gasteiger charge is 2.11. The maximum Gasteiger partial charge on any atom is 0.339 e. The second kappa shape index (κ2) is 5.48. The van der Waals surface area contributed by atoms with Crippen molar-refractivity contribution >= 4 is 5.97 Å². The molecule has 1 aromatic carbocycles. The van der Waals surface area contributed by atoms with E-state index in [1.165, 1.54) is 18.2 Å². The van der Waals surface area contributed by atoms with Crippen LogP contribution in [0.3, 0.4) is 0 Å². The quantitative estimate of drug-likeness (QED) is 0.886. The molecule has 0 aliphatic carbocycles. The first-order chi connectivity index (χ1) is 9.06. The van der Waals surface area contributed by atoms with Crippen LogP contribution in [-0.2, 0) is 12.8 Å². The number of carbonyl (C=O) groups is 1. The lowest BCUT2D eigenvalue weighted by molar-refractivity contribution is 0.0693. The van der Waals surface area contributed by atoms with Crippen LogP contribution in [0.15, 0.2) is 36.5 Å². The number of hydrogen-bond donors (Lipinski definition) is 2. The third kappa shape index (κ3) is 3.28. The second-order valence-corrected chi connectivity index (χ2v) is 4.13. The van der Waals surface area contributed by atoms with Gasteiger partial charge in [0.1, 0.15) is 17.1 Å². The number of aromatic carboxylic acids is 1. The molecule has 0 saturated carbocycles. The number of carboxylic acids is 1. The number of benzene rings is 1. The zero-order valence-corrected chi connectivity index (χ0v) is 10.0. The van der Waals surface area contributed by atoms with Gasteiger partial charge in [0.2, 0.25) is 0 Å². The summed E-state index contributed by atoms with van der Waals surface area (Å²) in [4.78, 5) is 14.8. The fourth-order valence-electron chi connectivity index (χ4n) is 1.76. The number of aromatic hydroxyl groups is 1. The summed E-state index contributed by atoms with van der Waals surface area (Å²) in [6, 6.07) is 7.54. The highest BCUT2D eigenvalue weighted by Crippen LogP contribution is 2.17. The first kappa shape index (κ1) is 13.0. The van der Waals surface area contributed by atoms with E-state index < -0.39 is 5.97 Å². The van der Waals surface area contributed by atoms with Crippen LogP contribution < -0.4 is 0 Å². The van der Waals surface area contributed by atoms with E-state index in [9.17, 15) is 14.3 Å². The molecule has 1 aromatic heterocycles. The van der Waals surface area contributed by atoms with E-state index in [1.807, 2.05) is 0 Å². The summed E-state index contributed by atoms with van der Waals surface area (Å²) in [5, 5.41) is 18.2. The SMILES string of the molecule is O=C(O)c1cc(CCc2cccc(F)c2)ncc1O. The van der Waals surface area contributed by atoms with Gasteiger partial charge in [0.25, 0.3) is 0 Å². The molecule has 2 N–H and O–H groups in total. The topological polar surface area (TPSA) is 70.4 Å². The smallest absolute Gasteiger partial charge is 0.339 e. The molecule has 5 heteroatoms. The molecular weight excluding hydrogens is 249 g/mol. The number of pyridine rings is 1. The summed E-state index contributed by atoms with van der Waals surface area (Å²) in [5.74, 6) is -1.86. The van der Waals surface area contributed by atoms with Gasteiger partial charge in [-0.2, -0.15) is 0 Å². The molecule has 0 atom stereocenters. The minimum absolute atomic E-state index is 0.177. The molecule has 1 heterocycles. The summed E-state index contributed by atoms with van der Waals surface area (Å²) in [7, 11) is 0. The Hall–Kier alpha value is -2.43. The van der Waals surface area contributed by atoms with Crippen LogP contribution >= 0.6 is 0 Å². The standard InChI is InChI=1S/C14H12FNO3/c15-10-3-1-2-9(6-10)4-5-11-7-12(14(18)19)13(17)8-16-11/h1-3,6-8,17H,4-5H2,(H,18,19). The van der Waals surface area contributed by atoms with E-state index in [0.29, 0.717) is 18.5 Å². The van der Waals surface area contributed by atoms with Crippen LogP contribution in [0, 0.1) is 5.82 Å². The van der Waals surface area contributed by atoms with E-state index in [-0.39, 0.29) is 17.1 Å². The van der Waals surface area contributed by atoms with Gasteiger partial charge in [-0.05, 0) is 36.6 Å². The molecule has 19 heavy (non-hydrogen) atoms. The first-order valence-corrected chi connectivity index (χ1v) is 5.72. The molecule has 0 aliphatic rings. The van der Waals surface area contributed by atoms with Crippen molar-refractivity contribution in [3.05, 3.63) is 59.2 Å². The number of rotatable bonds is 4. The largest absolute Gasteiger partial charge is 0.505 e. The lowest BCUT2D eigenvalue weighted by Crippen LogP contribution is -2.01. The molecule has 0 unspecified atom stereocenters. The Morgan fingerprint density at radius 3 is 2.74 bits per heavy atom. The molecule has 4 nitrogen and oxygen atoms in total. The van der Waals surface area contributed by atoms with Gasteiger partial charge in [0.05, 0.1) is 6.20 Å². The van der Waals surface area contributed by atoms with E-state index in [4.69, 9.17) is 5.11 Å². The van der Waals surface area contributed by atoms with Gasteiger partial charge < -0.3 is 10.2 Å². The molecule has 0 bridgehead atoms. The molecule has 2 aromatic rings. The zero-order valence-electron chi connectivity index (χ0n) is 10.0. The molecule has 0 saturated heterocycles. The summed E-state index contributed by atoms with van der Waals surface area (Å²) in [6.45, 7) is 0. The maximum absolute atomic E-state index is 13.0. The van der Waals surface area contributed by atoms with E-state index >= 15 is 0 Å². The van der Waals surface area contributed by atoms with Crippen LogP contribution in [0.5, 0.6) is 5.75 Å². The van der Waals surface area contributed by atoms with Crippen molar-refractivity contribution in [1.82, 2.24) is 4.98 Å². The monoisotopic (exact) mass is 261 g/mol. The average molecular weight is 261 g/mol. The number of aryl methyl sites for hydroxylation is 2. The average Bonchev–Trinajstić information content (AvgIpc) is 2.37. The minimum Gasteiger partial charge on any atom is -0.505 e. The lowest BCUT2D eigenvalue weighted by Gasteiger charge is -2.04. The van der Waals surface area contributed by atoms with Gasteiger partial charge in [0.15, 0.2) is 0 Å². The van der Waals surface area contributed by atoms with Crippen molar-refractivity contribution in [2.45, 2.75) is 12.8 Å². The van der Waals surface area contributed by atoms with Gasteiger partial charge in [-0.15, -0.1) is 0 Å². The molecule has 0 spiro atoms. The van der Waals surface area contributed by atoms with Crippen molar-refractivity contribution in [3.8, 4) is 5.75 Å². The number of aromatic nitrogens is 1. The fourth-order valence-corrected chi connectivity index (χ4v) is 1.76. The van der Waals surface area contributed by atoms with Crippen LogP contribution in [0.4, 0.5) is 4.39 Å². The van der Waals surface area contributed by atoms with Gasteiger partial charge in [0, 0.05) is 5.69 Å². The highest BCUT2D eigenvalue weighted by atomic mass is 19.1. The highest BCUT2D eigenvalue weighted by molar-refractivity contribution is 5.90. The zero-order chi connectivity index (χ0) is 13.8. The Morgan fingerprint density at radius 1 is 1.26 bits per heavy atom. The molecular formula is C14H12FNO3. The van der Waals surface area contributed by atoms with Crippen LogP contribution in [0.25, 0.3) is 0 Å². The second-order valence-electron chi connectivity index (χ2n) is 4.13. The summed E-state index contributed by atoms with van der Waals surface area (Å²) in [5.41, 5.74) is 1.18. The number of hydrogen-bond acceptors (Lipinski definition) is 3. The van der Waals surface area contributed by atoms with E-state index in [0.717, 1.165) is 11.8 Å². The Labute approximate surface area is 109 Å². The lowest BCUT2D eigenvalue weighted by atomic mass is 10.1.